The van der Waals surface area contributed by atoms with Gasteiger partial charge >= 0.3 is 0 Å². The first-order valence-electron chi connectivity index (χ1n) is 9.98. The van der Waals surface area contributed by atoms with Gasteiger partial charge in [-0.05, 0) is 59.7 Å². The van der Waals surface area contributed by atoms with E-state index in [-0.39, 0.29) is 5.56 Å². The Morgan fingerprint density at radius 1 is 1.17 bits per heavy atom. The molecular weight excluding hydrogens is 477 g/mol. The second-order valence-electron chi connectivity index (χ2n) is 7.30. The zero-order chi connectivity index (χ0) is 21.2. The van der Waals surface area contributed by atoms with Crippen LogP contribution >= 0.6 is 39.1 Å². The van der Waals surface area contributed by atoms with E-state index in [1.54, 1.807) is 18.2 Å². The number of piperidine rings is 1. The molecule has 1 aromatic heterocycles. The van der Waals surface area contributed by atoms with Crippen LogP contribution in [-0.2, 0) is 4.74 Å². The maximum absolute atomic E-state index is 13.1. The fraction of sp³-hybridized carbons (Fsp3) is 0.524. The van der Waals surface area contributed by atoms with E-state index >= 15 is 0 Å². The number of hydrogen-bond donors (Lipinski definition) is 0. The highest BCUT2D eigenvalue weighted by atomic mass is 79.9. The molecule has 8 heteroatoms. The molecule has 1 aromatic carbocycles. The number of aryl methyl sites for hydroxylation is 1. The molecule has 1 spiro atoms. The highest BCUT2D eigenvalue weighted by molar-refractivity contribution is 9.10. The second-order valence-corrected chi connectivity index (χ2v) is 8.88. The highest BCUT2D eigenvalue weighted by Crippen LogP contribution is 2.40. The van der Waals surface area contributed by atoms with Crippen molar-refractivity contribution in [3.8, 4) is 5.69 Å². The lowest BCUT2D eigenvalue weighted by molar-refractivity contribution is 0.133. The summed E-state index contributed by atoms with van der Waals surface area (Å²) in [6, 6.07) is 5.23. The predicted octanol–water partition coefficient (Wildman–Crippen LogP) is 5.64. The topological polar surface area (TPSA) is 47.4 Å². The van der Waals surface area contributed by atoms with Crippen molar-refractivity contribution in [3.63, 3.8) is 0 Å². The van der Waals surface area contributed by atoms with Crippen molar-refractivity contribution in [1.29, 1.82) is 0 Å². The molecule has 2 aliphatic rings. The van der Waals surface area contributed by atoms with Gasteiger partial charge in [0.15, 0.2) is 5.82 Å². The van der Waals surface area contributed by atoms with Gasteiger partial charge in [0.25, 0.3) is 5.56 Å². The van der Waals surface area contributed by atoms with Gasteiger partial charge in [0, 0.05) is 19.7 Å². The molecular formula is C21H26BrCl2N3O2. The summed E-state index contributed by atoms with van der Waals surface area (Å²) in [5.41, 5.74) is 0.652. The molecule has 5 nitrogen and oxygen atoms in total. The van der Waals surface area contributed by atoms with E-state index in [0.29, 0.717) is 37.3 Å². The first kappa shape index (κ1) is 22.6. The highest BCUT2D eigenvalue weighted by Gasteiger charge is 2.38. The van der Waals surface area contributed by atoms with Crippen molar-refractivity contribution in [2.75, 3.05) is 31.2 Å². The van der Waals surface area contributed by atoms with Crippen LogP contribution in [0.5, 0.6) is 0 Å². The molecule has 158 valence electrons. The number of nitrogens with zero attached hydrogens (tertiary/aromatic N) is 3. The van der Waals surface area contributed by atoms with Crippen molar-refractivity contribution < 1.29 is 4.74 Å². The zero-order valence-electron chi connectivity index (χ0n) is 17.0. The second kappa shape index (κ2) is 9.38. The quantitative estimate of drug-likeness (QED) is 0.532. The molecule has 0 radical (unpaired) electrons. The smallest absolute Gasteiger partial charge is 0.274 e. The first-order chi connectivity index (χ1) is 13.9. The van der Waals surface area contributed by atoms with E-state index in [0.717, 1.165) is 45.6 Å². The number of aromatic nitrogens is 2. The zero-order valence-corrected chi connectivity index (χ0v) is 20.1. The molecule has 0 unspecified atom stereocenters. The lowest BCUT2D eigenvalue weighted by Gasteiger charge is -2.39. The van der Waals surface area contributed by atoms with Gasteiger partial charge in [0.2, 0.25) is 0 Å². The third-order valence-corrected chi connectivity index (χ3v) is 7.16. The van der Waals surface area contributed by atoms with Gasteiger partial charge in [-0.1, -0.05) is 43.1 Å². The number of ether oxygens (including phenoxy) is 1. The summed E-state index contributed by atoms with van der Waals surface area (Å²) in [5, 5.41) is 0.743. The monoisotopic (exact) mass is 501 g/mol. The number of hydrogen-bond acceptors (Lipinski definition) is 4. The Morgan fingerprint density at radius 3 is 2.48 bits per heavy atom. The van der Waals surface area contributed by atoms with Crippen LogP contribution in [0.3, 0.4) is 0 Å². The van der Waals surface area contributed by atoms with Gasteiger partial charge in [0.05, 0.1) is 22.3 Å². The van der Waals surface area contributed by atoms with Gasteiger partial charge in [-0.15, -0.1) is 0 Å². The molecule has 0 amide bonds. The van der Waals surface area contributed by atoms with E-state index in [2.05, 4.69) is 20.8 Å². The fourth-order valence-corrected chi connectivity index (χ4v) is 4.88. The van der Waals surface area contributed by atoms with Gasteiger partial charge in [-0.3, -0.25) is 9.36 Å². The van der Waals surface area contributed by atoms with Crippen LogP contribution in [0.2, 0.25) is 10.0 Å². The largest absolute Gasteiger partial charge is 0.381 e. The Bertz CT molecular complexity index is 932. The third-order valence-electron chi connectivity index (χ3n) is 5.66. The average molecular weight is 503 g/mol. The Hall–Kier alpha value is -1.08. The standard InChI is InChI=1S/C19H20BrCl2N3O2.C2H6/c1-12-23-17(24-8-5-19(6-9-24)7-10-27-11-19)15(20)18(26)25(12)14-4-2-3-13(21)16(14)22;1-2/h2-4H,5-11H2,1H3;1-2H3. The first-order valence-corrected chi connectivity index (χ1v) is 11.5. The molecule has 2 aromatic rings. The van der Waals surface area contributed by atoms with Crippen LogP contribution in [-0.4, -0.2) is 35.9 Å². The van der Waals surface area contributed by atoms with E-state index < -0.39 is 0 Å². The minimum Gasteiger partial charge on any atom is -0.381 e. The van der Waals surface area contributed by atoms with Crippen molar-refractivity contribution in [2.45, 2.75) is 40.0 Å². The molecule has 2 aliphatic heterocycles. The van der Waals surface area contributed by atoms with Crippen LogP contribution in [0.1, 0.15) is 38.9 Å². The van der Waals surface area contributed by atoms with E-state index in [1.165, 1.54) is 4.57 Å². The van der Waals surface area contributed by atoms with E-state index in [9.17, 15) is 4.79 Å². The van der Waals surface area contributed by atoms with Crippen LogP contribution in [0.25, 0.3) is 5.69 Å². The van der Waals surface area contributed by atoms with Gasteiger partial charge in [-0.2, -0.15) is 0 Å². The Labute approximate surface area is 190 Å². The predicted molar refractivity (Wildman–Crippen MR) is 123 cm³/mol. The molecule has 2 fully saturated rings. The van der Waals surface area contributed by atoms with Crippen LogP contribution < -0.4 is 10.5 Å². The van der Waals surface area contributed by atoms with Gasteiger partial charge in [-0.25, -0.2) is 4.98 Å². The fourth-order valence-electron chi connectivity index (χ4n) is 3.99. The number of benzene rings is 1. The minimum atomic E-state index is -0.189. The molecule has 0 atom stereocenters. The number of halogens is 3. The Kier molecular flexibility index (Phi) is 7.31. The number of anilines is 1. The molecule has 29 heavy (non-hydrogen) atoms. The number of rotatable bonds is 2. The summed E-state index contributed by atoms with van der Waals surface area (Å²) in [4.78, 5) is 20.0. The Balaban J connectivity index is 0.00000117. The summed E-state index contributed by atoms with van der Waals surface area (Å²) in [7, 11) is 0. The third kappa shape index (κ3) is 4.36. The van der Waals surface area contributed by atoms with E-state index in [1.807, 2.05) is 20.8 Å². The maximum atomic E-state index is 13.1. The molecule has 0 saturated carbocycles. The molecule has 0 aliphatic carbocycles. The lowest BCUT2D eigenvalue weighted by atomic mass is 9.78. The summed E-state index contributed by atoms with van der Waals surface area (Å²) in [6.45, 7) is 9.26. The summed E-state index contributed by atoms with van der Waals surface area (Å²) in [5.74, 6) is 1.27. The maximum Gasteiger partial charge on any atom is 0.274 e. The Morgan fingerprint density at radius 2 is 1.86 bits per heavy atom. The minimum absolute atomic E-state index is 0.189. The van der Waals surface area contributed by atoms with Crippen molar-refractivity contribution in [1.82, 2.24) is 9.55 Å². The van der Waals surface area contributed by atoms with Crippen LogP contribution in [0.15, 0.2) is 27.5 Å². The van der Waals surface area contributed by atoms with Crippen molar-refractivity contribution >= 4 is 44.9 Å². The molecule has 0 bridgehead atoms. The van der Waals surface area contributed by atoms with Crippen LogP contribution in [0.4, 0.5) is 5.82 Å². The van der Waals surface area contributed by atoms with Crippen molar-refractivity contribution in [3.05, 3.63) is 48.9 Å². The van der Waals surface area contributed by atoms with Crippen molar-refractivity contribution in [2.24, 2.45) is 5.41 Å². The summed E-state index contributed by atoms with van der Waals surface area (Å²) < 4.78 is 7.55. The van der Waals surface area contributed by atoms with E-state index in [4.69, 9.17) is 32.9 Å². The normalized spacial score (nSPS) is 17.9. The van der Waals surface area contributed by atoms with Gasteiger partial charge in [0.1, 0.15) is 10.3 Å². The molecule has 4 rings (SSSR count). The molecule has 0 N–H and O–H groups in total. The lowest BCUT2D eigenvalue weighted by Crippen LogP contribution is -2.42. The summed E-state index contributed by atoms with van der Waals surface area (Å²) >= 11 is 15.9. The summed E-state index contributed by atoms with van der Waals surface area (Å²) in [6.07, 6.45) is 3.25. The molecule has 2 saturated heterocycles. The molecule has 3 heterocycles. The van der Waals surface area contributed by atoms with Crippen LogP contribution in [0, 0.1) is 12.3 Å². The average Bonchev–Trinajstić information content (AvgIpc) is 3.18. The van der Waals surface area contributed by atoms with Gasteiger partial charge < -0.3 is 9.64 Å². The SMILES string of the molecule is CC.Cc1nc(N2CCC3(CCOC3)CC2)c(Br)c(=O)n1-c1cccc(Cl)c1Cl.